The van der Waals surface area contributed by atoms with Crippen molar-refractivity contribution in [3.8, 4) is 17.0 Å². The number of ether oxygens (including phenoxy) is 1. The predicted molar refractivity (Wildman–Crippen MR) is 126 cm³/mol. The lowest BCUT2D eigenvalue weighted by Crippen LogP contribution is -2.36. The first-order valence-corrected chi connectivity index (χ1v) is 11.3. The molecule has 0 unspecified atom stereocenters. The minimum absolute atomic E-state index is 0.0693. The first-order chi connectivity index (χ1) is 16.1. The van der Waals surface area contributed by atoms with E-state index in [1.165, 1.54) is 11.1 Å². The van der Waals surface area contributed by atoms with Gasteiger partial charge in [-0.25, -0.2) is 4.52 Å². The summed E-state index contributed by atoms with van der Waals surface area (Å²) in [5.41, 5.74) is 4.48. The molecule has 1 aliphatic heterocycles. The second-order valence-corrected chi connectivity index (χ2v) is 8.20. The van der Waals surface area contributed by atoms with Gasteiger partial charge in [0.25, 0.3) is 5.56 Å². The molecule has 0 fully saturated rings. The Morgan fingerprint density at radius 3 is 2.64 bits per heavy atom. The molecule has 1 amide bonds. The van der Waals surface area contributed by atoms with Crippen molar-refractivity contribution in [2.24, 2.45) is 0 Å². The summed E-state index contributed by atoms with van der Waals surface area (Å²) in [6.45, 7) is 4.26. The second kappa shape index (κ2) is 8.94. The van der Waals surface area contributed by atoms with Crippen LogP contribution in [0.5, 0.6) is 5.75 Å². The Morgan fingerprint density at radius 2 is 1.85 bits per heavy atom. The summed E-state index contributed by atoms with van der Waals surface area (Å²) in [6, 6.07) is 17.7. The van der Waals surface area contributed by atoms with Gasteiger partial charge in [0.1, 0.15) is 11.3 Å². The van der Waals surface area contributed by atoms with Gasteiger partial charge in [-0.05, 0) is 54.8 Å². The molecule has 7 nitrogen and oxygen atoms in total. The maximum absolute atomic E-state index is 13.0. The number of hydrogen-bond donors (Lipinski definition) is 0. The van der Waals surface area contributed by atoms with E-state index in [0.717, 1.165) is 30.0 Å². The molecule has 1 aliphatic rings. The van der Waals surface area contributed by atoms with Gasteiger partial charge < -0.3 is 14.2 Å². The average Bonchev–Trinajstić information content (AvgIpc) is 3.29. The number of aromatic nitrogens is 3. The van der Waals surface area contributed by atoms with Crippen LogP contribution in [0.1, 0.15) is 24.5 Å². The molecule has 4 aromatic rings. The van der Waals surface area contributed by atoms with Crippen LogP contribution in [0, 0.1) is 0 Å². The maximum atomic E-state index is 13.0. The molecule has 0 radical (unpaired) electrons. The van der Waals surface area contributed by atoms with Crippen molar-refractivity contribution in [3.63, 3.8) is 0 Å². The van der Waals surface area contributed by atoms with Crippen LogP contribution >= 0.6 is 0 Å². The Labute approximate surface area is 191 Å². The molecule has 5 rings (SSSR count). The molecule has 3 heterocycles. The molecule has 2 aromatic heterocycles. The van der Waals surface area contributed by atoms with Crippen molar-refractivity contribution < 1.29 is 9.53 Å². The number of rotatable bonds is 6. The van der Waals surface area contributed by atoms with Gasteiger partial charge >= 0.3 is 0 Å². The monoisotopic (exact) mass is 442 g/mol. The quantitative estimate of drug-likeness (QED) is 0.458. The Hall–Kier alpha value is -3.87. The number of carbonyl (C=O) groups excluding carboxylic acids is 1. The van der Waals surface area contributed by atoms with E-state index in [-0.39, 0.29) is 17.9 Å². The van der Waals surface area contributed by atoms with Crippen LogP contribution in [0.3, 0.4) is 0 Å². The van der Waals surface area contributed by atoms with Gasteiger partial charge in [-0.1, -0.05) is 24.3 Å². The Morgan fingerprint density at radius 1 is 1.06 bits per heavy atom. The Bertz CT molecular complexity index is 1350. The van der Waals surface area contributed by atoms with Crippen LogP contribution in [-0.2, 0) is 24.3 Å². The van der Waals surface area contributed by atoms with Crippen LogP contribution in [0.25, 0.3) is 16.8 Å². The van der Waals surface area contributed by atoms with Gasteiger partial charge in [-0.3, -0.25) is 9.59 Å². The minimum Gasteiger partial charge on any atom is -0.494 e. The van der Waals surface area contributed by atoms with Gasteiger partial charge in [0.15, 0.2) is 0 Å². The van der Waals surface area contributed by atoms with Crippen LogP contribution in [0.15, 0.2) is 71.8 Å². The van der Waals surface area contributed by atoms with Gasteiger partial charge in [-0.2, -0.15) is 5.10 Å². The third kappa shape index (κ3) is 4.26. The standard InChI is InChI=1S/C26H26N4O3/c1-2-33-22-9-7-20(8-10-22)23-17-24-26(32)28(15-16-30(24)27-23)14-12-25(31)29-13-11-19-5-3-4-6-21(19)18-29/h3-10,15-17H,2,11-14,18H2,1H3. The number of hydrogen-bond acceptors (Lipinski definition) is 4. The molecule has 0 saturated heterocycles. The smallest absolute Gasteiger partial charge is 0.276 e. The van der Waals surface area contributed by atoms with Crippen molar-refractivity contribution in [1.29, 1.82) is 0 Å². The first kappa shape index (κ1) is 21.0. The van der Waals surface area contributed by atoms with Crippen molar-refractivity contribution in [2.45, 2.75) is 32.9 Å². The van der Waals surface area contributed by atoms with Gasteiger partial charge in [-0.15, -0.1) is 0 Å². The molecule has 0 aliphatic carbocycles. The number of benzene rings is 2. The van der Waals surface area contributed by atoms with Crippen molar-refractivity contribution in [2.75, 3.05) is 13.2 Å². The molecule has 0 saturated carbocycles. The normalized spacial score (nSPS) is 13.2. The fourth-order valence-electron chi connectivity index (χ4n) is 4.31. The molecule has 0 N–H and O–H groups in total. The number of aryl methyl sites for hydroxylation is 1. The van der Waals surface area contributed by atoms with Crippen LogP contribution in [0.2, 0.25) is 0 Å². The minimum atomic E-state index is -0.154. The SMILES string of the molecule is CCOc1ccc(-c2cc3c(=O)n(CCC(=O)N4CCc5ccccc5C4)ccn3n2)cc1. The average molecular weight is 443 g/mol. The van der Waals surface area contributed by atoms with Crippen LogP contribution in [-0.4, -0.2) is 38.1 Å². The summed E-state index contributed by atoms with van der Waals surface area (Å²) in [5, 5.41) is 4.54. The second-order valence-electron chi connectivity index (χ2n) is 8.20. The van der Waals surface area contributed by atoms with E-state index < -0.39 is 0 Å². The summed E-state index contributed by atoms with van der Waals surface area (Å²) in [5.74, 6) is 0.870. The summed E-state index contributed by atoms with van der Waals surface area (Å²) >= 11 is 0. The third-order valence-corrected chi connectivity index (χ3v) is 6.11. The lowest BCUT2D eigenvalue weighted by Gasteiger charge is -2.29. The van der Waals surface area contributed by atoms with E-state index >= 15 is 0 Å². The Balaban J connectivity index is 1.30. The zero-order valence-corrected chi connectivity index (χ0v) is 18.6. The van der Waals surface area contributed by atoms with E-state index in [4.69, 9.17) is 4.74 Å². The fraction of sp³-hybridized carbons (Fsp3) is 0.269. The first-order valence-electron chi connectivity index (χ1n) is 11.3. The van der Waals surface area contributed by atoms with Gasteiger partial charge in [0.2, 0.25) is 5.91 Å². The maximum Gasteiger partial charge on any atom is 0.276 e. The third-order valence-electron chi connectivity index (χ3n) is 6.11. The topological polar surface area (TPSA) is 68.8 Å². The molecular weight excluding hydrogens is 416 g/mol. The highest BCUT2D eigenvalue weighted by molar-refractivity contribution is 5.76. The van der Waals surface area contributed by atoms with Crippen molar-refractivity contribution >= 4 is 11.4 Å². The molecule has 2 aromatic carbocycles. The zero-order valence-electron chi connectivity index (χ0n) is 18.6. The van der Waals surface area contributed by atoms with E-state index in [1.54, 1.807) is 27.5 Å². The fourth-order valence-corrected chi connectivity index (χ4v) is 4.31. The number of amides is 1. The molecule has 33 heavy (non-hydrogen) atoms. The van der Waals surface area contributed by atoms with E-state index in [1.807, 2.05) is 48.2 Å². The van der Waals surface area contributed by atoms with Crippen molar-refractivity contribution in [1.82, 2.24) is 19.1 Å². The largest absolute Gasteiger partial charge is 0.494 e. The lowest BCUT2D eigenvalue weighted by molar-refractivity contribution is -0.132. The van der Waals surface area contributed by atoms with E-state index in [0.29, 0.717) is 25.2 Å². The number of fused-ring (bicyclic) bond motifs is 2. The summed E-state index contributed by atoms with van der Waals surface area (Å²) in [6.07, 6.45) is 4.62. The van der Waals surface area contributed by atoms with Crippen molar-refractivity contribution in [3.05, 3.63) is 88.5 Å². The zero-order chi connectivity index (χ0) is 22.8. The summed E-state index contributed by atoms with van der Waals surface area (Å²) < 4.78 is 8.67. The highest BCUT2D eigenvalue weighted by Gasteiger charge is 2.20. The number of nitrogens with zero attached hydrogens (tertiary/aromatic N) is 4. The van der Waals surface area contributed by atoms with Crippen LogP contribution in [0.4, 0.5) is 0 Å². The van der Waals surface area contributed by atoms with Crippen LogP contribution < -0.4 is 10.3 Å². The molecule has 7 heteroatoms. The highest BCUT2D eigenvalue weighted by Crippen LogP contribution is 2.22. The number of carbonyl (C=O) groups is 1. The highest BCUT2D eigenvalue weighted by atomic mass is 16.5. The summed E-state index contributed by atoms with van der Waals surface area (Å²) in [7, 11) is 0. The predicted octanol–water partition coefficient (Wildman–Crippen LogP) is 3.54. The molecule has 0 bridgehead atoms. The van der Waals surface area contributed by atoms with E-state index in [9.17, 15) is 9.59 Å². The van der Waals surface area contributed by atoms with Gasteiger partial charge in [0, 0.05) is 44.0 Å². The van der Waals surface area contributed by atoms with Gasteiger partial charge in [0.05, 0.1) is 12.3 Å². The lowest BCUT2D eigenvalue weighted by atomic mass is 10.00. The Kier molecular flexibility index (Phi) is 5.69. The molecule has 0 atom stereocenters. The molecular formula is C26H26N4O3. The van der Waals surface area contributed by atoms with E-state index in [2.05, 4.69) is 17.2 Å². The molecule has 168 valence electrons. The summed E-state index contributed by atoms with van der Waals surface area (Å²) in [4.78, 5) is 27.7. The molecule has 0 spiro atoms.